The van der Waals surface area contributed by atoms with Gasteiger partial charge in [-0.3, -0.25) is 4.79 Å². The Labute approximate surface area is 89.5 Å². The average Bonchev–Trinajstić information content (AvgIpc) is 2.63. The molecule has 0 saturated carbocycles. The summed E-state index contributed by atoms with van der Waals surface area (Å²) in [6.45, 7) is 3.43. The Morgan fingerprint density at radius 3 is 3.07 bits per heavy atom. The SMILES string of the molecule is Cc1[nH]ccc1C(=O)N1CCC[C@@H](N)C1. The summed E-state index contributed by atoms with van der Waals surface area (Å²) in [4.78, 5) is 17.0. The Morgan fingerprint density at radius 1 is 1.67 bits per heavy atom. The number of H-pyrrole nitrogens is 1. The maximum Gasteiger partial charge on any atom is 0.255 e. The predicted octanol–water partition coefficient (Wildman–Crippen LogP) is 0.886. The highest BCUT2D eigenvalue weighted by Gasteiger charge is 2.23. The summed E-state index contributed by atoms with van der Waals surface area (Å²) in [6.07, 6.45) is 3.83. The monoisotopic (exact) mass is 207 g/mol. The molecule has 1 aliphatic rings. The van der Waals surface area contributed by atoms with Gasteiger partial charge >= 0.3 is 0 Å². The number of aromatic amines is 1. The third-order valence-corrected chi connectivity index (χ3v) is 2.93. The van der Waals surface area contributed by atoms with Crippen LogP contribution in [0.25, 0.3) is 0 Å². The minimum absolute atomic E-state index is 0.101. The number of aromatic nitrogens is 1. The van der Waals surface area contributed by atoms with Gasteiger partial charge in [0.05, 0.1) is 5.56 Å². The normalized spacial score (nSPS) is 21.7. The molecule has 1 aliphatic heterocycles. The van der Waals surface area contributed by atoms with E-state index in [9.17, 15) is 4.79 Å². The van der Waals surface area contributed by atoms with Gasteiger partial charge in [-0.05, 0) is 25.8 Å². The van der Waals surface area contributed by atoms with Gasteiger partial charge in [0.2, 0.25) is 0 Å². The molecule has 1 aromatic rings. The molecule has 1 atom stereocenters. The summed E-state index contributed by atoms with van der Waals surface area (Å²) < 4.78 is 0. The van der Waals surface area contributed by atoms with Gasteiger partial charge in [-0.15, -0.1) is 0 Å². The molecule has 4 nitrogen and oxygen atoms in total. The minimum Gasteiger partial charge on any atom is -0.365 e. The van der Waals surface area contributed by atoms with E-state index in [1.54, 1.807) is 6.20 Å². The number of amides is 1. The van der Waals surface area contributed by atoms with Gasteiger partial charge in [-0.2, -0.15) is 0 Å². The third kappa shape index (κ3) is 2.04. The van der Waals surface area contributed by atoms with E-state index in [0.29, 0.717) is 6.54 Å². The number of hydrogen-bond acceptors (Lipinski definition) is 2. The van der Waals surface area contributed by atoms with Gasteiger partial charge in [-0.25, -0.2) is 0 Å². The fourth-order valence-corrected chi connectivity index (χ4v) is 2.05. The van der Waals surface area contributed by atoms with E-state index < -0.39 is 0 Å². The van der Waals surface area contributed by atoms with Crippen LogP contribution in [-0.2, 0) is 0 Å². The molecule has 82 valence electrons. The molecule has 1 fully saturated rings. The molecule has 0 bridgehead atoms. The molecule has 1 saturated heterocycles. The van der Waals surface area contributed by atoms with Crippen molar-refractivity contribution in [1.29, 1.82) is 0 Å². The van der Waals surface area contributed by atoms with Crippen molar-refractivity contribution in [2.24, 2.45) is 5.73 Å². The molecule has 0 unspecified atom stereocenters. The quantitative estimate of drug-likeness (QED) is 0.718. The number of piperidine rings is 1. The minimum atomic E-state index is 0.101. The van der Waals surface area contributed by atoms with Gasteiger partial charge in [0.15, 0.2) is 0 Å². The number of nitrogens with zero attached hydrogens (tertiary/aromatic N) is 1. The number of nitrogens with one attached hydrogen (secondary N) is 1. The number of carbonyl (C=O) groups excluding carboxylic acids is 1. The molecule has 0 spiro atoms. The fraction of sp³-hybridized carbons (Fsp3) is 0.545. The second kappa shape index (κ2) is 4.06. The van der Waals surface area contributed by atoms with Crippen LogP contribution in [0, 0.1) is 6.92 Å². The van der Waals surface area contributed by atoms with E-state index in [0.717, 1.165) is 30.6 Å². The number of rotatable bonds is 1. The molecular formula is C11H17N3O. The maximum atomic E-state index is 12.1. The number of aryl methyl sites for hydroxylation is 1. The lowest BCUT2D eigenvalue weighted by Gasteiger charge is -2.30. The van der Waals surface area contributed by atoms with E-state index in [1.807, 2.05) is 17.9 Å². The fourth-order valence-electron chi connectivity index (χ4n) is 2.05. The Hall–Kier alpha value is -1.29. The van der Waals surface area contributed by atoms with Crippen molar-refractivity contribution in [2.75, 3.05) is 13.1 Å². The number of nitrogens with two attached hydrogens (primary N) is 1. The Balaban J connectivity index is 2.11. The predicted molar refractivity (Wildman–Crippen MR) is 58.6 cm³/mol. The summed E-state index contributed by atoms with van der Waals surface area (Å²) in [5.74, 6) is 0.101. The van der Waals surface area contributed by atoms with Crippen LogP contribution >= 0.6 is 0 Å². The molecule has 3 N–H and O–H groups in total. The van der Waals surface area contributed by atoms with Crippen LogP contribution in [0.4, 0.5) is 0 Å². The third-order valence-electron chi connectivity index (χ3n) is 2.93. The maximum absolute atomic E-state index is 12.1. The highest BCUT2D eigenvalue weighted by Crippen LogP contribution is 2.14. The van der Waals surface area contributed by atoms with Crippen LogP contribution in [0.3, 0.4) is 0 Å². The van der Waals surface area contributed by atoms with Crippen LogP contribution in [0.1, 0.15) is 28.9 Å². The first-order valence-electron chi connectivity index (χ1n) is 5.37. The van der Waals surface area contributed by atoms with Gasteiger partial charge in [-0.1, -0.05) is 0 Å². The van der Waals surface area contributed by atoms with E-state index >= 15 is 0 Å². The lowest BCUT2D eigenvalue weighted by atomic mass is 10.1. The zero-order valence-corrected chi connectivity index (χ0v) is 8.99. The Morgan fingerprint density at radius 2 is 2.47 bits per heavy atom. The van der Waals surface area contributed by atoms with Crippen molar-refractivity contribution in [3.8, 4) is 0 Å². The van der Waals surface area contributed by atoms with Gasteiger partial charge < -0.3 is 15.6 Å². The number of likely N-dealkylation sites (tertiary alicyclic amines) is 1. The highest BCUT2D eigenvalue weighted by molar-refractivity contribution is 5.95. The van der Waals surface area contributed by atoms with Gasteiger partial charge in [0.25, 0.3) is 5.91 Å². The first-order valence-corrected chi connectivity index (χ1v) is 5.37. The lowest BCUT2D eigenvalue weighted by molar-refractivity contribution is 0.0708. The molecule has 0 aromatic carbocycles. The van der Waals surface area contributed by atoms with Gasteiger partial charge in [0, 0.05) is 31.0 Å². The van der Waals surface area contributed by atoms with E-state index in [1.165, 1.54) is 0 Å². The van der Waals surface area contributed by atoms with Crippen molar-refractivity contribution < 1.29 is 4.79 Å². The average molecular weight is 207 g/mol. The Bertz CT molecular complexity index is 358. The zero-order chi connectivity index (χ0) is 10.8. The van der Waals surface area contributed by atoms with Crippen LogP contribution < -0.4 is 5.73 Å². The second-order valence-corrected chi connectivity index (χ2v) is 4.17. The first kappa shape index (κ1) is 10.2. The topological polar surface area (TPSA) is 62.1 Å². The second-order valence-electron chi connectivity index (χ2n) is 4.17. The summed E-state index contributed by atoms with van der Waals surface area (Å²) in [6, 6.07) is 1.97. The Kier molecular flexibility index (Phi) is 2.77. The summed E-state index contributed by atoms with van der Waals surface area (Å²) in [5, 5.41) is 0. The van der Waals surface area contributed by atoms with E-state index in [-0.39, 0.29) is 11.9 Å². The van der Waals surface area contributed by atoms with E-state index in [2.05, 4.69) is 4.98 Å². The zero-order valence-electron chi connectivity index (χ0n) is 8.99. The number of carbonyl (C=O) groups is 1. The van der Waals surface area contributed by atoms with Crippen molar-refractivity contribution >= 4 is 5.91 Å². The molecule has 0 radical (unpaired) electrons. The molecule has 4 heteroatoms. The molecule has 1 aromatic heterocycles. The molecule has 15 heavy (non-hydrogen) atoms. The summed E-state index contributed by atoms with van der Waals surface area (Å²) in [7, 11) is 0. The van der Waals surface area contributed by atoms with E-state index in [4.69, 9.17) is 5.73 Å². The van der Waals surface area contributed by atoms with Crippen molar-refractivity contribution in [3.05, 3.63) is 23.5 Å². The lowest BCUT2D eigenvalue weighted by Crippen LogP contribution is -2.45. The van der Waals surface area contributed by atoms with Crippen molar-refractivity contribution in [2.45, 2.75) is 25.8 Å². The summed E-state index contributed by atoms with van der Waals surface area (Å²) >= 11 is 0. The largest absolute Gasteiger partial charge is 0.365 e. The number of hydrogen-bond donors (Lipinski definition) is 2. The van der Waals surface area contributed by atoms with Crippen LogP contribution in [0.2, 0.25) is 0 Å². The van der Waals surface area contributed by atoms with Crippen molar-refractivity contribution in [3.63, 3.8) is 0 Å². The molecular weight excluding hydrogens is 190 g/mol. The van der Waals surface area contributed by atoms with Crippen LogP contribution in [0.15, 0.2) is 12.3 Å². The highest BCUT2D eigenvalue weighted by atomic mass is 16.2. The van der Waals surface area contributed by atoms with Crippen molar-refractivity contribution in [1.82, 2.24) is 9.88 Å². The molecule has 1 amide bonds. The standard InChI is InChI=1S/C11H17N3O/c1-8-10(4-5-13-8)11(15)14-6-2-3-9(12)7-14/h4-5,9,13H,2-3,6-7,12H2,1H3/t9-/m1/s1. The molecule has 0 aliphatic carbocycles. The summed E-state index contributed by atoms with van der Waals surface area (Å²) in [5.41, 5.74) is 7.55. The van der Waals surface area contributed by atoms with Gasteiger partial charge in [0.1, 0.15) is 0 Å². The van der Waals surface area contributed by atoms with Crippen LogP contribution in [0.5, 0.6) is 0 Å². The smallest absolute Gasteiger partial charge is 0.255 e. The first-order chi connectivity index (χ1) is 7.18. The molecule has 2 rings (SSSR count). The van der Waals surface area contributed by atoms with Crippen LogP contribution in [-0.4, -0.2) is 34.9 Å². The molecule has 2 heterocycles.